The summed E-state index contributed by atoms with van der Waals surface area (Å²) in [7, 11) is 0. The fourth-order valence-electron chi connectivity index (χ4n) is 3.18. The molecule has 24 heavy (non-hydrogen) atoms. The van der Waals surface area contributed by atoms with E-state index in [1.165, 1.54) is 5.56 Å². The number of hydrogen-bond acceptors (Lipinski definition) is 3. The number of carbonyl (C=O) groups is 1. The quantitative estimate of drug-likeness (QED) is 0.596. The summed E-state index contributed by atoms with van der Waals surface area (Å²) in [6.07, 6.45) is 4.79. The summed E-state index contributed by atoms with van der Waals surface area (Å²) in [6.45, 7) is 7.13. The SMILES string of the molecule is CCN(/C=C(/C#N)C(=O)N1CCC(Cc2ccccc2)CC1)CC. The van der Waals surface area contributed by atoms with Gasteiger partial charge in [-0.25, -0.2) is 0 Å². The molecule has 2 rings (SSSR count). The minimum Gasteiger partial charge on any atom is -0.377 e. The molecule has 1 aliphatic heterocycles. The summed E-state index contributed by atoms with van der Waals surface area (Å²) in [5.74, 6) is 0.497. The van der Waals surface area contributed by atoms with Crippen LogP contribution < -0.4 is 0 Å². The smallest absolute Gasteiger partial charge is 0.266 e. The predicted octanol–water partition coefficient (Wildman–Crippen LogP) is 3.22. The first-order valence-electron chi connectivity index (χ1n) is 8.87. The molecule has 0 spiro atoms. The minimum absolute atomic E-state index is 0.123. The topological polar surface area (TPSA) is 47.3 Å². The molecule has 128 valence electrons. The summed E-state index contributed by atoms with van der Waals surface area (Å²) < 4.78 is 0. The van der Waals surface area contributed by atoms with E-state index in [9.17, 15) is 10.1 Å². The van der Waals surface area contributed by atoms with E-state index in [0.717, 1.165) is 45.4 Å². The number of benzene rings is 1. The highest BCUT2D eigenvalue weighted by atomic mass is 16.2. The van der Waals surface area contributed by atoms with Crippen molar-refractivity contribution in [2.75, 3.05) is 26.2 Å². The van der Waals surface area contributed by atoms with E-state index < -0.39 is 0 Å². The van der Waals surface area contributed by atoms with Crippen molar-refractivity contribution in [3.05, 3.63) is 47.7 Å². The number of piperidine rings is 1. The molecule has 0 saturated carbocycles. The van der Waals surface area contributed by atoms with E-state index >= 15 is 0 Å². The summed E-state index contributed by atoms with van der Waals surface area (Å²) in [5.41, 5.74) is 1.61. The lowest BCUT2D eigenvalue weighted by atomic mass is 9.90. The van der Waals surface area contributed by atoms with Crippen molar-refractivity contribution in [3.8, 4) is 6.07 Å². The first kappa shape index (κ1) is 18.1. The lowest BCUT2D eigenvalue weighted by molar-refractivity contribution is -0.128. The van der Waals surface area contributed by atoms with Crippen LogP contribution in [0.1, 0.15) is 32.3 Å². The molecule has 1 aromatic rings. The van der Waals surface area contributed by atoms with Gasteiger partial charge in [-0.1, -0.05) is 30.3 Å². The zero-order valence-electron chi connectivity index (χ0n) is 14.7. The summed E-state index contributed by atoms with van der Waals surface area (Å²) in [4.78, 5) is 16.4. The van der Waals surface area contributed by atoms with Gasteiger partial charge >= 0.3 is 0 Å². The molecular formula is C20H27N3O. The van der Waals surface area contributed by atoms with Crippen LogP contribution in [0.5, 0.6) is 0 Å². The largest absolute Gasteiger partial charge is 0.377 e. The van der Waals surface area contributed by atoms with Crippen LogP contribution in [0.4, 0.5) is 0 Å². The standard InChI is InChI=1S/C20H27N3O/c1-3-22(4-2)16-19(15-21)20(24)23-12-10-18(11-13-23)14-17-8-6-5-7-9-17/h5-9,16,18H,3-4,10-14H2,1-2H3/b19-16-. The normalized spacial score (nSPS) is 15.9. The highest BCUT2D eigenvalue weighted by molar-refractivity contribution is 5.97. The molecule has 0 aromatic heterocycles. The molecule has 0 aliphatic carbocycles. The Bertz CT molecular complexity index is 591. The van der Waals surface area contributed by atoms with Gasteiger partial charge in [-0.05, 0) is 44.6 Å². The van der Waals surface area contributed by atoms with E-state index in [4.69, 9.17) is 0 Å². The van der Waals surface area contributed by atoms with E-state index in [2.05, 4.69) is 30.3 Å². The Morgan fingerprint density at radius 3 is 2.42 bits per heavy atom. The predicted molar refractivity (Wildman–Crippen MR) is 96.1 cm³/mol. The van der Waals surface area contributed by atoms with E-state index in [0.29, 0.717) is 5.92 Å². The molecular weight excluding hydrogens is 298 g/mol. The summed E-state index contributed by atoms with van der Waals surface area (Å²) >= 11 is 0. The van der Waals surface area contributed by atoms with Crippen LogP contribution in [-0.4, -0.2) is 41.9 Å². The first-order valence-corrected chi connectivity index (χ1v) is 8.87. The monoisotopic (exact) mass is 325 g/mol. The van der Waals surface area contributed by atoms with Gasteiger partial charge in [0.05, 0.1) is 0 Å². The van der Waals surface area contributed by atoms with Crippen LogP contribution in [0.3, 0.4) is 0 Å². The van der Waals surface area contributed by atoms with Crippen molar-refractivity contribution in [1.29, 1.82) is 5.26 Å². The van der Waals surface area contributed by atoms with Crippen LogP contribution in [0.15, 0.2) is 42.1 Å². The van der Waals surface area contributed by atoms with Gasteiger partial charge in [0.25, 0.3) is 5.91 Å². The van der Waals surface area contributed by atoms with Gasteiger partial charge < -0.3 is 9.80 Å². The number of nitrogens with zero attached hydrogens (tertiary/aromatic N) is 3. The Morgan fingerprint density at radius 1 is 1.25 bits per heavy atom. The molecule has 4 heteroatoms. The maximum atomic E-state index is 12.6. The second kappa shape index (κ2) is 9.12. The Balaban J connectivity index is 1.91. The number of hydrogen-bond donors (Lipinski definition) is 0. The molecule has 0 bridgehead atoms. The van der Waals surface area contributed by atoms with Gasteiger partial charge in [-0.3, -0.25) is 4.79 Å². The molecule has 1 fully saturated rings. The van der Waals surface area contributed by atoms with Gasteiger partial charge in [0.2, 0.25) is 0 Å². The van der Waals surface area contributed by atoms with Crippen LogP contribution in [0.2, 0.25) is 0 Å². The molecule has 1 aliphatic rings. The molecule has 0 N–H and O–H groups in total. The second-order valence-corrected chi connectivity index (χ2v) is 6.30. The van der Waals surface area contributed by atoms with Crippen LogP contribution in [-0.2, 0) is 11.2 Å². The van der Waals surface area contributed by atoms with Gasteiger partial charge in [0, 0.05) is 32.4 Å². The number of amides is 1. The number of likely N-dealkylation sites (tertiary alicyclic amines) is 1. The highest BCUT2D eigenvalue weighted by Gasteiger charge is 2.25. The van der Waals surface area contributed by atoms with Crippen molar-refractivity contribution < 1.29 is 4.79 Å². The van der Waals surface area contributed by atoms with Crippen molar-refractivity contribution in [2.45, 2.75) is 33.1 Å². The van der Waals surface area contributed by atoms with Gasteiger partial charge in [0.1, 0.15) is 11.6 Å². The molecule has 1 amide bonds. The average molecular weight is 325 g/mol. The molecule has 1 aromatic carbocycles. The number of rotatable bonds is 6. The zero-order chi connectivity index (χ0) is 17.4. The van der Waals surface area contributed by atoms with Crippen LogP contribution in [0.25, 0.3) is 0 Å². The lowest BCUT2D eigenvalue weighted by Gasteiger charge is -2.32. The molecule has 0 radical (unpaired) electrons. The maximum absolute atomic E-state index is 12.6. The van der Waals surface area contributed by atoms with Crippen molar-refractivity contribution in [1.82, 2.24) is 9.80 Å². The Morgan fingerprint density at radius 2 is 1.88 bits per heavy atom. The highest BCUT2D eigenvalue weighted by Crippen LogP contribution is 2.22. The van der Waals surface area contributed by atoms with Gasteiger partial charge in [-0.2, -0.15) is 5.26 Å². The van der Waals surface area contributed by atoms with E-state index in [-0.39, 0.29) is 11.5 Å². The van der Waals surface area contributed by atoms with Crippen molar-refractivity contribution in [2.24, 2.45) is 5.92 Å². The third kappa shape index (κ3) is 4.86. The van der Waals surface area contributed by atoms with Crippen molar-refractivity contribution in [3.63, 3.8) is 0 Å². The molecule has 4 nitrogen and oxygen atoms in total. The molecule has 1 heterocycles. The Kier molecular flexibility index (Phi) is 6.87. The first-order chi connectivity index (χ1) is 11.7. The van der Waals surface area contributed by atoms with Gasteiger partial charge in [0.15, 0.2) is 0 Å². The van der Waals surface area contributed by atoms with E-state index in [1.807, 2.05) is 29.7 Å². The summed E-state index contributed by atoms with van der Waals surface area (Å²) in [5, 5.41) is 9.32. The molecule has 0 atom stereocenters. The lowest BCUT2D eigenvalue weighted by Crippen LogP contribution is -2.39. The van der Waals surface area contributed by atoms with Crippen LogP contribution >= 0.6 is 0 Å². The Hall–Kier alpha value is -2.28. The minimum atomic E-state index is -0.123. The maximum Gasteiger partial charge on any atom is 0.266 e. The molecule has 0 unspecified atom stereocenters. The number of nitriles is 1. The average Bonchev–Trinajstić information content (AvgIpc) is 2.64. The zero-order valence-corrected chi connectivity index (χ0v) is 14.7. The van der Waals surface area contributed by atoms with Crippen LogP contribution in [0, 0.1) is 17.2 Å². The summed E-state index contributed by atoms with van der Waals surface area (Å²) in [6, 6.07) is 12.6. The Labute approximate surface area is 145 Å². The third-order valence-electron chi connectivity index (χ3n) is 4.74. The third-order valence-corrected chi connectivity index (χ3v) is 4.74. The van der Waals surface area contributed by atoms with E-state index in [1.54, 1.807) is 6.20 Å². The molecule has 1 saturated heterocycles. The van der Waals surface area contributed by atoms with Crippen molar-refractivity contribution >= 4 is 5.91 Å². The fraction of sp³-hybridized carbons (Fsp3) is 0.500. The fourth-order valence-corrected chi connectivity index (χ4v) is 3.18. The second-order valence-electron chi connectivity index (χ2n) is 6.30. The number of carbonyl (C=O) groups excluding carboxylic acids is 1. The van der Waals surface area contributed by atoms with Gasteiger partial charge in [-0.15, -0.1) is 0 Å².